The number of rotatable bonds is 6. The summed E-state index contributed by atoms with van der Waals surface area (Å²) < 4.78 is 0. The number of carbonyl (C=O) groups excluding carboxylic acids is 1. The topological polar surface area (TPSA) is 49.3 Å². The molecule has 0 heterocycles. The summed E-state index contributed by atoms with van der Waals surface area (Å²) in [6.07, 6.45) is 6.52. The van der Waals surface area contributed by atoms with Gasteiger partial charge < -0.3 is 10.4 Å². The lowest BCUT2D eigenvalue weighted by molar-refractivity contribution is -0.123. The van der Waals surface area contributed by atoms with Crippen molar-refractivity contribution >= 4 is 5.91 Å². The average Bonchev–Trinajstić information content (AvgIpc) is 3.18. The summed E-state index contributed by atoms with van der Waals surface area (Å²) in [6.45, 7) is 0.402. The van der Waals surface area contributed by atoms with Crippen LogP contribution < -0.4 is 5.32 Å². The Kier molecular flexibility index (Phi) is 4.59. The minimum absolute atomic E-state index is 0.0398. The van der Waals surface area contributed by atoms with Crippen LogP contribution in [-0.2, 0) is 4.79 Å². The first-order valence-electron chi connectivity index (χ1n) is 8.26. The van der Waals surface area contributed by atoms with Gasteiger partial charge in [0, 0.05) is 6.54 Å². The predicted molar refractivity (Wildman–Crippen MR) is 82.9 cm³/mol. The molecule has 0 radical (unpaired) electrons. The summed E-state index contributed by atoms with van der Waals surface area (Å²) in [5, 5.41) is 13.2. The Labute approximate surface area is 126 Å². The fraction of sp³-hybridized carbons (Fsp3) is 0.611. The summed E-state index contributed by atoms with van der Waals surface area (Å²) in [4.78, 5) is 12.5. The molecule has 1 amide bonds. The zero-order valence-corrected chi connectivity index (χ0v) is 12.5. The molecule has 2 saturated carbocycles. The molecule has 0 saturated heterocycles. The number of carbonyl (C=O) groups is 1. The summed E-state index contributed by atoms with van der Waals surface area (Å²) >= 11 is 0. The molecule has 0 bridgehead atoms. The summed E-state index contributed by atoms with van der Waals surface area (Å²) in [7, 11) is 0. The molecule has 2 unspecified atom stereocenters. The maximum absolute atomic E-state index is 12.5. The summed E-state index contributed by atoms with van der Waals surface area (Å²) in [5.41, 5.74) is 1.10. The van der Waals surface area contributed by atoms with Gasteiger partial charge >= 0.3 is 0 Å². The first-order chi connectivity index (χ1) is 10.3. The Morgan fingerprint density at radius 2 is 1.76 bits per heavy atom. The maximum Gasteiger partial charge on any atom is 0.227 e. The Balaban J connectivity index is 1.57. The number of amides is 1. The number of hydrogen-bond acceptors (Lipinski definition) is 2. The van der Waals surface area contributed by atoms with Gasteiger partial charge in [-0.15, -0.1) is 0 Å². The summed E-state index contributed by atoms with van der Waals surface area (Å²) in [5.74, 6) is 0.903. The highest BCUT2D eigenvalue weighted by molar-refractivity contribution is 5.84. The molecule has 0 aliphatic heterocycles. The molecule has 2 fully saturated rings. The molecule has 2 atom stereocenters. The number of hydrogen-bond donors (Lipinski definition) is 2. The van der Waals surface area contributed by atoms with Crippen molar-refractivity contribution in [1.82, 2.24) is 5.32 Å². The smallest absolute Gasteiger partial charge is 0.227 e. The third-order valence-electron chi connectivity index (χ3n) is 4.96. The van der Waals surface area contributed by atoms with Crippen LogP contribution in [0.2, 0.25) is 0 Å². The quantitative estimate of drug-likeness (QED) is 0.845. The highest BCUT2D eigenvalue weighted by Gasteiger charge is 2.37. The molecule has 1 aromatic rings. The van der Waals surface area contributed by atoms with Gasteiger partial charge in [0.15, 0.2) is 0 Å². The van der Waals surface area contributed by atoms with Gasteiger partial charge in [-0.3, -0.25) is 4.79 Å². The fourth-order valence-electron chi connectivity index (χ4n) is 3.55. The van der Waals surface area contributed by atoms with Crippen LogP contribution in [0.3, 0.4) is 0 Å². The standard InChI is InChI=1S/C18H25NO2/c20-16(13-6-4-5-7-13)12-19-18(21)17(15-10-11-15)14-8-2-1-3-9-14/h1-3,8-9,13,15-17,20H,4-7,10-12H2,(H,19,21). The number of nitrogens with one attached hydrogen (secondary N) is 1. The molecule has 0 spiro atoms. The highest BCUT2D eigenvalue weighted by atomic mass is 16.3. The van der Waals surface area contributed by atoms with Crippen molar-refractivity contribution in [2.45, 2.75) is 50.5 Å². The molecule has 3 nitrogen and oxygen atoms in total. The van der Waals surface area contributed by atoms with E-state index in [0.29, 0.717) is 18.4 Å². The van der Waals surface area contributed by atoms with Gasteiger partial charge in [0.25, 0.3) is 0 Å². The number of aliphatic hydroxyl groups is 1. The normalized spacial score (nSPS) is 22.0. The number of benzene rings is 1. The van der Waals surface area contributed by atoms with E-state index in [1.807, 2.05) is 30.3 Å². The van der Waals surface area contributed by atoms with Crippen LogP contribution in [-0.4, -0.2) is 23.7 Å². The molecule has 2 aliphatic rings. The van der Waals surface area contributed by atoms with Crippen LogP contribution >= 0.6 is 0 Å². The van der Waals surface area contributed by atoms with Crippen molar-refractivity contribution in [3.63, 3.8) is 0 Å². The third-order valence-corrected chi connectivity index (χ3v) is 4.96. The Hall–Kier alpha value is -1.35. The lowest BCUT2D eigenvalue weighted by Gasteiger charge is -2.21. The third kappa shape index (κ3) is 3.65. The van der Waals surface area contributed by atoms with Crippen LogP contribution in [0, 0.1) is 11.8 Å². The van der Waals surface area contributed by atoms with E-state index in [1.165, 1.54) is 12.8 Å². The highest BCUT2D eigenvalue weighted by Crippen LogP contribution is 2.42. The Bertz CT molecular complexity index is 463. The van der Waals surface area contributed by atoms with Crippen molar-refractivity contribution in [2.24, 2.45) is 11.8 Å². The Morgan fingerprint density at radius 1 is 1.10 bits per heavy atom. The molecule has 2 aliphatic carbocycles. The molecule has 21 heavy (non-hydrogen) atoms. The van der Waals surface area contributed by atoms with E-state index >= 15 is 0 Å². The van der Waals surface area contributed by atoms with Crippen LogP contribution in [0.15, 0.2) is 30.3 Å². The Morgan fingerprint density at radius 3 is 2.38 bits per heavy atom. The SMILES string of the molecule is O=C(NCC(O)C1CCCC1)C(c1ccccc1)C1CC1. The largest absolute Gasteiger partial charge is 0.391 e. The van der Waals surface area contributed by atoms with Crippen molar-refractivity contribution in [3.05, 3.63) is 35.9 Å². The van der Waals surface area contributed by atoms with E-state index in [2.05, 4.69) is 5.32 Å². The molecule has 2 N–H and O–H groups in total. The lowest BCUT2D eigenvalue weighted by Crippen LogP contribution is -2.38. The van der Waals surface area contributed by atoms with Gasteiger partial charge in [0.1, 0.15) is 0 Å². The lowest BCUT2D eigenvalue weighted by atomic mass is 9.93. The van der Waals surface area contributed by atoms with Crippen LogP contribution in [0.25, 0.3) is 0 Å². The van der Waals surface area contributed by atoms with E-state index in [0.717, 1.165) is 31.2 Å². The van der Waals surface area contributed by atoms with E-state index in [1.54, 1.807) is 0 Å². The van der Waals surface area contributed by atoms with Gasteiger partial charge in [-0.1, -0.05) is 43.2 Å². The van der Waals surface area contributed by atoms with Crippen molar-refractivity contribution < 1.29 is 9.90 Å². The average molecular weight is 287 g/mol. The van der Waals surface area contributed by atoms with Crippen LogP contribution in [0.1, 0.15) is 50.0 Å². The van der Waals surface area contributed by atoms with Crippen molar-refractivity contribution in [3.8, 4) is 0 Å². The minimum atomic E-state index is -0.382. The molecule has 0 aromatic heterocycles. The zero-order valence-electron chi connectivity index (χ0n) is 12.5. The van der Waals surface area contributed by atoms with E-state index < -0.39 is 0 Å². The van der Waals surface area contributed by atoms with Crippen molar-refractivity contribution in [1.29, 1.82) is 0 Å². The second-order valence-electron chi connectivity index (χ2n) is 6.58. The summed E-state index contributed by atoms with van der Waals surface area (Å²) in [6, 6.07) is 10.0. The second kappa shape index (κ2) is 6.61. The van der Waals surface area contributed by atoms with Crippen LogP contribution in [0.4, 0.5) is 0 Å². The zero-order chi connectivity index (χ0) is 14.7. The van der Waals surface area contributed by atoms with Gasteiger partial charge in [0.05, 0.1) is 12.0 Å². The van der Waals surface area contributed by atoms with Gasteiger partial charge in [-0.05, 0) is 43.1 Å². The molecule has 3 heteroatoms. The second-order valence-corrected chi connectivity index (χ2v) is 6.58. The molecular weight excluding hydrogens is 262 g/mol. The minimum Gasteiger partial charge on any atom is -0.391 e. The molecule has 114 valence electrons. The van der Waals surface area contributed by atoms with Gasteiger partial charge in [0.2, 0.25) is 5.91 Å². The first kappa shape index (κ1) is 14.6. The molecular formula is C18H25NO2. The van der Waals surface area contributed by atoms with E-state index in [4.69, 9.17) is 0 Å². The first-order valence-corrected chi connectivity index (χ1v) is 8.26. The van der Waals surface area contributed by atoms with E-state index in [-0.39, 0.29) is 17.9 Å². The van der Waals surface area contributed by atoms with Crippen molar-refractivity contribution in [2.75, 3.05) is 6.54 Å². The molecule has 1 aromatic carbocycles. The van der Waals surface area contributed by atoms with Gasteiger partial charge in [-0.25, -0.2) is 0 Å². The van der Waals surface area contributed by atoms with Crippen LogP contribution in [0.5, 0.6) is 0 Å². The fourth-order valence-corrected chi connectivity index (χ4v) is 3.55. The number of aliphatic hydroxyl groups excluding tert-OH is 1. The predicted octanol–water partition coefficient (Wildman–Crippen LogP) is 2.85. The molecule has 3 rings (SSSR count). The van der Waals surface area contributed by atoms with Gasteiger partial charge in [-0.2, -0.15) is 0 Å². The van der Waals surface area contributed by atoms with E-state index in [9.17, 15) is 9.90 Å². The maximum atomic E-state index is 12.5. The monoisotopic (exact) mass is 287 g/mol.